The molecular formula is C30H24N4O3. The van der Waals surface area contributed by atoms with Gasteiger partial charge in [-0.05, 0) is 29.8 Å². The highest BCUT2D eigenvalue weighted by atomic mass is 16.7. The van der Waals surface area contributed by atoms with Crippen LogP contribution in [-0.2, 0) is 4.84 Å². The second kappa shape index (κ2) is 9.72. The number of nitrogens with zero attached hydrogens (tertiary/aromatic N) is 4. The van der Waals surface area contributed by atoms with Crippen molar-refractivity contribution in [2.45, 2.75) is 18.2 Å². The van der Waals surface area contributed by atoms with E-state index in [4.69, 9.17) is 9.94 Å². The van der Waals surface area contributed by atoms with Crippen LogP contribution < -0.4 is 5.06 Å². The Morgan fingerprint density at radius 1 is 0.730 bits per heavy atom. The predicted octanol–water partition coefficient (Wildman–Crippen LogP) is 6.42. The van der Waals surface area contributed by atoms with E-state index in [1.165, 1.54) is 0 Å². The molecule has 2 heterocycles. The van der Waals surface area contributed by atoms with Gasteiger partial charge in [-0.1, -0.05) is 97.1 Å². The number of hydrogen-bond acceptors (Lipinski definition) is 5. The van der Waals surface area contributed by atoms with E-state index in [0.29, 0.717) is 5.69 Å². The van der Waals surface area contributed by atoms with Crippen LogP contribution in [0.2, 0.25) is 0 Å². The monoisotopic (exact) mass is 488 g/mol. The summed E-state index contributed by atoms with van der Waals surface area (Å²) in [5.41, 5.74) is 4.64. The molecule has 0 radical (unpaired) electrons. The van der Waals surface area contributed by atoms with E-state index in [1.807, 2.05) is 128 Å². The third-order valence-corrected chi connectivity index (χ3v) is 6.62. The lowest BCUT2D eigenvalue weighted by atomic mass is 9.91. The second-order valence-corrected chi connectivity index (χ2v) is 8.90. The highest BCUT2D eigenvalue weighted by Gasteiger charge is 2.54. The number of hydroxylamine groups is 1. The van der Waals surface area contributed by atoms with Gasteiger partial charge in [-0.25, -0.2) is 9.75 Å². The third kappa shape index (κ3) is 4.26. The number of anilines is 1. The lowest BCUT2D eigenvalue weighted by molar-refractivity contribution is -0.531. The highest BCUT2D eigenvalue weighted by molar-refractivity contribution is 5.66. The molecule has 5 aromatic rings. The summed E-state index contributed by atoms with van der Waals surface area (Å²) in [5.74, 6) is 0. The van der Waals surface area contributed by atoms with Gasteiger partial charge in [-0.15, -0.1) is 0 Å². The van der Waals surface area contributed by atoms with E-state index >= 15 is 0 Å². The molecule has 0 saturated carbocycles. The molecule has 0 unspecified atom stereocenters. The van der Waals surface area contributed by atoms with E-state index in [9.17, 15) is 10.1 Å². The summed E-state index contributed by atoms with van der Waals surface area (Å²) in [5, 5.41) is 19.4. The summed E-state index contributed by atoms with van der Waals surface area (Å²) in [6.45, 7) is 0. The van der Waals surface area contributed by atoms with Crippen molar-refractivity contribution in [3.8, 4) is 16.9 Å². The van der Waals surface area contributed by atoms with Gasteiger partial charge in [0.25, 0.3) is 6.04 Å². The Labute approximate surface area is 214 Å². The number of hydrogen-bond donors (Lipinski definition) is 0. The lowest BCUT2D eigenvalue weighted by Crippen LogP contribution is -2.32. The Kier molecular flexibility index (Phi) is 5.96. The summed E-state index contributed by atoms with van der Waals surface area (Å²) in [6.07, 6.45) is 1.12. The molecule has 7 nitrogen and oxygen atoms in total. The molecule has 3 atom stereocenters. The number of benzene rings is 4. The Morgan fingerprint density at radius 2 is 1.27 bits per heavy atom. The zero-order valence-corrected chi connectivity index (χ0v) is 19.9. The molecule has 0 bridgehead atoms. The van der Waals surface area contributed by atoms with Crippen molar-refractivity contribution in [3.63, 3.8) is 0 Å². The molecule has 7 heteroatoms. The van der Waals surface area contributed by atoms with Gasteiger partial charge in [0.1, 0.15) is 0 Å². The normalized spacial score (nSPS) is 19.1. The average Bonchev–Trinajstić information content (AvgIpc) is 3.58. The summed E-state index contributed by atoms with van der Waals surface area (Å²) in [6, 6.07) is 36.6. The first-order valence-electron chi connectivity index (χ1n) is 12.1. The third-order valence-electron chi connectivity index (χ3n) is 6.62. The first kappa shape index (κ1) is 22.7. The van der Waals surface area contributed by atoms with E-state index in [-0.39, 0.29) is 4.92 Å². The molecule has 6 rings (SSSR count). The maximum Gasteiger partial charge on any atom is 0.272 e. The number of para-hydroxylation sites is 2. The molecule has 1 aromatic heterocycles. The molecular weight excluding hydrogens is 464 g/mol. The number of rotatable bonds is 6. The standard InChI is InChI=1S/C30H24N4O3/c35-34(36)29-28(33(25-19-11-4-12-20-25)37-30(29)23-15-7-2-8-16-23)26-21-32(24-17-9-3-10-18-24)31-27(26)22-13-5-1-6-14-22/h1-21,28-30H/t28-,29-,30+/m0/s1. The van der Waals surface area contributed by atoms with Crippen LogP contribution >= 0.6 is 0 Å². The van der Waals surface area contributed by atoms with Crippen LogP contribution in [0.5, 0.6) is 0 Å². The van der Waals surface area contributed by atoms with Gasteiger partial charge in [-0.3, -0.25) is 15.0 Å². The molecule has 0 aliphatic carbocycles. The van der Waals surface area contributed by atoms with Crippen LogP contribution in [0.3, 0.4) is 0 Å². The minimum atomic E-state index is -1.07. The van der Waals surface area contributed by atoms with Crippen LogP contribution in [0.4, 0.5) is 5.69 Å². The molecule has 4 aromatic carbocycles. The zero-order valence-electron chi connectivity index (χ0n) is 19.9. The van der Waals surface area contributed by atoms with Crippen molar-refractivity contribution in [1.29, 1.82) is 0 Å². The van der Waals surface area contributed by atoms with Crippen LogP contribution in [0, 0.1) is 10.1 Å². The quantitative estimate of drug-likeness (QED) is 0.204. The Hall–Kier alpha value is -4.75. The van der Waals surface area contributed by atoms with Gasteiger partial charge < -0.3 is 0 Å². The molecule has 1 saturated heterocycles. The Morgan fingerprint density at radius 3 is 1.86 bits per heavy atom. The second-order valence-electron chi connectivity index (χ2n) is 8.90. The molecule has 0 amide bonds. The Balaban J connectivity index is 1.57. The SMILES string of the molecule is O=[N+]([O-])[C@@H]1[C@@H](c2ccccc2)ON(c2ccccc2)[C@H]1c1cn(-c2ccccc2)nc1-c1ccccc1. The van der Waals surface area contributed by atoms with E-state index in [1.54, 1.807) is 9.75 Å². The molecule has 1 fully saturated rings. The summed E-state index contributed by atoms with van der Waals surface area (Å²) in [7, 11) is 0. The maximum absolute atomic E-state index is 12.7. The molecule has 1 aliphatic heterocycles. The van der Waals surface area contributed by atoms with Gasteiger partial charge in [0.15, 0.2) is 12.1 Å². The summed E-state index contributed by atoms with van der Waals surface area (Å²) >= 11 is 0. The first-order valence-corrected chi connectivity index (χ1v) is 12.1. The minimum Gasteiger partial charge on any atom is -0.264 e. The van der Waals surface area contributed by atoms with E-state index < -0.39 is 18.2 Å². The van der Waals surface area contributed by atoms with Gasteiger partial charge in [0, 0.05) is 22.2 Å². The van der Waals surface area contributed by atoms with Crippen molar-refractivity contribution in [1.82, 2.24) is 9.78 Å². The predicted molar refractivity (Wildman–Crippen MR) is 142 cm³/mol. The van der Waals surface area contributed by atoms with Crippen LogP contribution in [0.15, 0.2) is 128 Å². The molecule has 0 N–H and O–H groups in total. The van der Waals surface area contributed by atoms with Crippen molar-refractivity contribution in [3.05, 3.63) is 149 Å². The van der Waals surface area contributed by atoms with Gasteiger partial charge in [0.2, 0.25) is 0 Å². The number of aromatic nitrogens is 2. The maximum atomic E-state index is 12.7. The van der Waals surface area contributed by atoms with E-state index in [2.05, 4.69) is 0 Å². The molecule has 0 spiro atoms. The highest BCUT2D eigenvalue weighted by Crippen LogP contribution is 2.48. The van der Waals surface area contributed by atoms with Crippen LogP contribution in [-0.4, -0.2) is 20.7 Å². The minimum absolute atomic E-state index is 0.222. The lowest BCUT2D eigenvalue weighted by Gasteiger charge is -2.24. The smallest absolute Gasteiger partial charge is 0.264 e. The molecule has 37 heavy (non-hydrogen) atoms. The topological polar surface area (TPSA) is 73.4 Å². The number of nitro groups is 1. The van der Waals surface area contributed by atoms with Gasteiger partial charge in [0.05, 0.1) is 17.1 Å². The fourth-order valence-corrected chi connectivity index (χ4v) is 4.92. The van der Waals surface area contributed by atoms with Gasteiger partial charge >= 0.3 is 0 Å². The summed E-state index contributed by atoms with van der Waals surface area (Å²) in [4.78, 5) is 19.0. The first-order chi connectivity index (χ1) is 18.2. The van der Waals surface area contributed by atoms with Gasteiger partial charge in [-0.2, -0.15) is 5.10 Å². The van der Waals surface area contributed by atoms with Crippen LogP contribution in [0.25, 0.3) is 16.9 Å². The fourth-order valence-electron chi connectivity index (χ4n) is 4.92. The molecule has 1 aliphatic rings. The largest absolute Gasteiger partial charge is 0.272 e. The Bertz CT molecular complexity index is 1490. The van der Waals surface area contributed by atoms with Crippen molar-refractivity contribution in [2.24, 2.45) is 0 Å². The summed E-state index contributed by atoms with van der Waals surface area (Å²) < 4.78 is 1.79. The van der Waals surface area contributed by atoms with Crippen LogP contribution in [0.1, 0.15) is 23.3 Å². The van der Waals surface area contributed by atoms with Crippen molar-refractivity contribution in [2.75, 3.05) is 5.06 Å². The van der Waals surface area contributed by atoms with E-state index in [0.717, 1.165) is 28.1 Å². The van der Waals surface area contributed by atoms with Crippen molar-refractivity contribution < 1.29 is 9.76 Å². The fraction of sp³-hybridized carbons (Fsp3) is 0.100. The van der Waals surface area contributed by atoms with Crippen molar-refractivity contribution >= 4 is 5.69 Å². The molecule has 182 valence electrons. The average molecular weight is 489 g/mol. The zero-order chi connectivity index (χ0) is 25.2.